The van der Waals surface area contributed by atoms with E-state index in [4.69, 9.17) is 0 Å². The molecule has 0 unspecified atom stereocenters. The van der Waals surface area contributed by atoms with Crippen LogP contribution >= 0.6 is 0 Å². The third kappa shape index (κ3) is 4.30. The van der Waals surface area contributed by atoms with E-state index in [0.29, 0.717) is 0 Å². The molecule has 0 saturated heterocycles. The van der Waals surface area contributed by atoms with Gasteiger partial charge in [-0.15, -0.1) is 0 Å². The van der Waals surface area contributed by atoms with Crippen molar-refractivity contribution >= 4 is 50.4 Å². The molecule has 8 aromatic rings. The fraction of sp³-hybridized carbons (Fsp3) is 0.102. The summed E-state index contributed by atoms with van der Waals surface area (Å²) in [5.74, 6) is 0. The fourth-order valence-corrected chi connectivity index (χ4v) is 14.7. The molecule has 8 aromatic carbocycles. The molecule has 0 aliphatic heterocycles. The van der Waals surface area contributed by atoms with Crippen LogP contribution < -0.4 is 20.7 Å². The molecular formula is C49H40Si. The van der Waals surface area contributed by atoms with E-state index >= 15 is 0 Å². The van der Waals surface area contributed by atoms with Gasteiger partial charge in [-0.05, 0) is 94.6 Å². The van der Waals surface area contributed by atoms with Crippen molar-refractivity contribution in [3.8, 4) is 22.3 Å². The van der Waals surface area contributed by atoms with Gasteiger partial charge in [-0.2, -0.15) is 0 Å². The Labute approximate surface area is 296 Å². The summed E-state index contributed by atoms with van der Waals surface area (Å²) in [4.78, 5) is 0. The first-order valence-electron chi connectivity index (χ1n) is 18.1. The number of fused-ring (bicyclic) bond motifs is 5. The topological polar surface area (TPSA) is 0 Å². The molecule has 9 rings (SSSR count). The van der Waals surface area contributed by atoms with Crippen molar-refractivity contribution in [2.45, 2.75) is 32.1 Å². The standard InChI is InChI=1S/C49H40Si/c1-3-49(4-2)45-31-19-18-26-39(45)40-33-32-35(34-46(40)49)47-41-27-14-16-29-43(41)48(44-30-17-15-28-42(44)47)50(36-20-8-5-9-21-36,37-22-10-6-11-23-37)38-24-12-7-13-25-38/h5-34H,3-4H2,1-2H3. The van der Waals surface area contributed by atoms with Gasteiger partial charge in [0.2, 0.25) is 0 Å². The van der Waals surface area contributed by atoms with Crippen molar-refractivity contribution in [1.82, 2.24) is 0 Å². The van der Waals surface area contributed by atoms with Crippen molar-refractivity contribution in [3.05, 3.63) is 193 Å². The molecule has 0 amide bonds. The number of hydrogen-bond donors (Lipinski definition) is 0. The fourth-order valence-electron chi connectivity index (χ4n) is 9.46. The molecule has 0 nitrogen and oxygen atoms in total. The Morgan fingerprint density at radius 3 is 1.32 bits per heavy atom. The maximum absolute atomic E-state index is 2.85. The third-order valence-electron chi connectivity index (χ3n) is 11.7. The minimum absolute atomic E-state index is 0.0173. The first kappa shape index (κ1) is 30.5. The summed E-state index contributed by atoms with van der Waals surface area (Å²) < 4.78 is 0. The van der Waals surface area contributed by atoms with Gasteiger partial charge in [0, 0.05) is 5.41 Å². The molecule has 0 N–H and O–H groups in total. The summed E-state index contributed by atoms with van der Waals surface area (Å²) in [6, 6.07) is 68.9. The van der Waals surface area contributed by atoms with Gasteiger partial charge in [-0.25, -0.2) is 0 Å². The van der Waals surface area contributed by atoms with Crippen molar-refractivity contribution < 1.29 is 0 Å². The van der Waals surface area contributed by atoms with Gasteiger partial charge in [0.05, 0.1) is 0 Å². The van der Waals surface area contributed by atoms with E-state index in [1.165, 1.54) is 75.7 Å². The van der Waals surface area contributed by atoms with Gasteiger partial charge in [-0.1, -0.05) is 190 Å². The second kappa shape index (κ2) is 12.1. The van der Waals surface area contributed by atoms with Crippen molar-refractivity contribution in [2.24, 2.45) is 0 Å². The highest BCUT2D eigenvalue weighted by atomic mass is 28.3. The number of benzene rings is 8. The third-order valence-corrected chi connectivity index (χ3v) is 16.6. The van der Waals surface area contributed by atoms with Crippen molar-refractivity contribution in [2.75, 3.05) is 0 Å². The predicted octanol–water partition coefficient (Wildman–Crippen LogP) is 10.1. The zero-order chi connectivity index (χ0) is 33.7. The molecule has 0 fully saturated rings. The molecule has 0 atom stereocenters. The Bertz CT molecular complexity index is 2340. The van der Waals surface area contributed by atoms with Crippen molar-refractivity contribution in [1.29, 1.82) is 0 Å². The maximum atomic E-state index is 2.55. The zero-order valence-electron chi connectivity index (χ0n) is 28.7. The summed E-state index contributed by atoms with van der Waals surface area (Å²) in [7, 11) is -2.85. The van der Waals surface area contributed by atoms with E-state index in [2.05, 4.69) is 196 Å². The Balaban J connectivity index is 1.43. The first-order chi connectivity index (χ1) is 24.7. The van der Waals surface area contributed by atoms with Gasteiger partial charge in [0.1, 0.15) is 0 Å². The molecule has 0 bridgehead atoms. The Morgan fingerprint density at radius 1 is 0.400 bits per heavy atom. The van der Waals surface area contributed by atoms with E-state index in [-0.39, 0.29) is 5.41 Å². The second-order valence-corrected chi connectivity index (χ2v) is 17.5. The SMILES string of the molecule is CCC1(CC)c2ccccc2-c2ccc(-c3c4ccccc4c([Si](c4ccccc4)(c4ccccc4)c4ccccc4)c4ccccc34)cc21. The van der Waals surface area contributed by atoms with Crippen LogP contribution in [0.1, 0.15) is 37.8 Å². The predicted molar refractivity (Wildman–Crippen MR) is 217 cm³/mol. The quantitative estimate of drug-likeness (QED) is 0.0910. The Hall–Kier alpha value is -5.50. The van der Waals surface area contributed by atoms with E-state index in [9.17, 15) is 0 Å². The Morgan fingerprint density at radius 2 is 0.820 bits per heavy atom. The number of hydrogen-bond acceptors (Lipinski definition) is 0. The van der Waals surface area contributed by atoms with Crippen LogP contribution in [0.15, 0.2) is 182 Å². The van der Waals surface area contributed by atoms with Crippen LogP contribution in [0.2, 0.25) is 0 Å². The molecule has 50 heavy (non-hydrogen) atoms. The van der Waals surface area contributed by atoms with E-state index in [1.54, 1.807) is 0 Å². The monoisotopic (exact) mass is 656 g/mol. The number of rotatable bonds is 7. The smallest absolute Gasteiger partial charge is 0.0642 e. The lowest BCUT2D eigenvalue weighted by atomic mass is 9.73. The van der Waals surface area contributed by atoms with Crippen LogP contribution in [0, 0.1) is 0 Å². The highest BCUT2D eigenvalue weighted by Crippen LogP contribution is 2.53. The van der Waals surface area contributed by atoms with Crippen LogP contribution in [-0.4, -0.2) is 8.07 Å². The van der Waals surface area contributed by atoms with Gasteiger partial charge in [0.25, 0.3) is 0 Å². The molecule has 1 aliphatic rings. The maximum Gasteiger partial charge on any atom is 0.180 e. The molecule has 0 aromatic heterocycles. The molecule has 0 heterocycles. The minimum Gasteiger partial charge on any atom is -0.0642 e. The molecule has 0 saturated carbocycles. The van der Waals surface area contributed by atoms with Gasteiger partial charge < -0.3 is 0 Å². The summed E-state index contributed by atoms with van der Waals surface area (Å²) in [5.41, 5.74) is 8.38. The molecule has 1 heteroatoms. The van der Waals surface area contributed by atoms with Crippen LogP contribution in [0.5, 0.6) is 0 Å². The summed E-state index contributed by atoms with van der Waals surface area (Å²) in [6.07, 6.45) is 2.16. The normalized spacial score (nSPS) is 13.3. The average molecular weight is 657 g/mol. The molecule has 0 radical (unpaired) electrons. The van der Waals surface area contributed by atoms with E-state index in [1.807, 2.05) is 0 Å². The lowest BCUT2D eigenvalue weighted by molar-refractivity contribution is 0.490. The summed E-state index contributed by atoms with van der Waals surface area (Å²) >= 11 is 0. The van der Waals surface area contributed by atoms with Crippen LogP contribution in [0.4, 0.5) is 0 Å². The first-order valence-corrected chi connectivity index (χ1v) is 20.1. The lowest BCUT2D eigenvalue weighted by Gasteiger charge is -2.37. The van der Waals surface area contributed by atoms with E-state index in [0.717, 1.165) is 12.8 Å². The summed E-state index contributed by atoms with van der Waals surface area (Å²) in [6.45, 7) is 4.73. The highest BCUT2D eigenvalue weighted by Gasteiger charge is 2.44. The second-order valence-electron chi connectivity index (χ2n) is 13.8. The molecule has 240 valence electrons. The molecule has 0 spiro atoms. The minimum atomic E-state index is -2.85. The molecular weight excluding hydrogens is 617 g/mol. The van der Waals surface area contributed by atoms with Gasteiger partial charge in [0.15, 0.2) is 8.07 Å². The van der Waals surface area contributed by atoms with Gasteiger partial charge >= 0.3 is 0 Å². The van der Waals surface area contributed by atoms with Crippen LogP contribution in [0.3, 0.4) is 0 Å². The lowest BCUT2D eigenvalue weighted by Crippen LogP contribution is -2.75. The van der Waals surface area contributed by atoms with E-state index < -0.39 is 8.07 Å². The van der Waals surface area contributed by atoms with Gasteiger partial charge in [-0.3, -0.25) is 0 Å². The zero-order valence-corrected chi connectivity index (χ0v) is 29.7. The largest absolute Gasteiger partial charge is 0.180 e. The Kier molecular flexibility index (Phi) is 7.41. The average Bonchev–Trinajstić information content (AvgIpc) is 3.48. The summed E-state index contributed by atoms with van der Waals surface area (Å²) in [5, 5.41) is 11.0. The highest BCUT2D eigenvalue weighted by molar-refractivity contribution is 7.21. The van der Waals surface area contributed by atoms with Crippen molar-refractivity contribution in [3.63, 3.8) is 0 Å². The van der Waals surface area contributed by atoms with Crippen LogP contribution in [0.25, 0.3) is 43.8 Å². The molecule has 1 aliphatic carbocycles. The van der Waals surface area contributed by atoms with Crippen LogP contribution in [-0.2, 0) is 5.41 Å².